The van der Waals surface area contributed by atoms with E-state index in [2.05, 4.69) is 37.4 Å². The van der Waals surface area contributed by atoms with E-state index in [0.717, 1.165) is 30.5 Å². The van der Waals surface area contributed by atoms with Gasteiger partial charge < -0.3 is 14.3 Å². The second kappa shape index (κ2) is 5.41. The highest BCUT2D eigenvalue weighted by atomic mass is 16.5. The van der Waals surface area contributed by atoms with Crippen LogP contribution in [0.1, 0.15) is 16.7 Å². The second-order valence-electron chi connectivity index (χ2n) is 6.19. The number of ether oxygens (including phenoxy) is 1. The molecule has 1 aliphatic rings. The molecule has 0 aromatic heterocycles. The molecule has 0 saturated heterocycles. The first-order chi connectivity index (χ1) is 10.1. The van der Waals surface area contributed by atoms with E-state index in [9.17, 15) is 5.11 Å². The first kappa shape index (κ1) is 14.0. The maximum Gasteiger partial charge on any atom is 0.160 e. The third-order valence-corrected chi connectivity index (χ3v) is 4.38. The van der Waals surface area contributed by atoms with Crippen LogP contribution in [0.3, 0.4) is 0 Å². The Balaban J connectivity index is 1.85. The van der Waals surface area contributed by atoms with E-state index in [1.807, 2.05) is 12.1 Å². The van der Waals surface area contributed by atoms with Crippen LogP contribution in [0.4, 0.5) is 0 Å². The van der Waals surface area contributed by atoms with Crippen molar-refractivity contribution in [1.29, 1.82) is 0 Å². The molecule has 3 heteroatoms. The monoisotopic (exact) mass is 284 g/mol. The second-order valence-corrected chi connectivity index (χ2v) is 6.19. The molecule has 110 valence electrons. The van der Waals surface area contributed by atoms with Gasteiger partial charge >= 0.3 is 0 Å². The number of phenolic OH excluding ortho intramolecular Hbond substituents is 1. The highest BCUT2D eigenvalue weighted by molar-refractivity contribution is 5.46. The Labute approximate surface area is 126 Å². The van der Waals surface area contributed by atoms with Crippen molar-refractivity contribution in [3.63, 3.8) is 0 Å². The van der Waals surface area contributed by atoms with Crippen molar-refractivity contribution in [3.8, 4) is 11.5 Å². The largest absolute Gasteiger partial charge is 0.504 e. The molecule has 2 aromatic carbocycles. The topological polar surface area (TPSA) is 29.5 Å². The zero-order valence-electron chi connectivity index (χ0n) is 12.7. The van der Waals surface area contributed by atoms with Crippen molar-refractivity contribution in [3.05, 3.63) is 59.2 Å². The summed E-state index contributed by atoms with van der Waals surface area (Å²) in [5.41, 5.74) is 3.90. The van der Waals surface area contributed by atoms with E-state index in [1.54, 1.807) is 7.11 Å². The fourth-order valence-electron chi connectivity index (χ4n) is 3.24. The lowest BCUT2D eigenvalue weighted by Crippen LogP contribution is -2.46. The number of phenols is 1. The van der Waals surface area contributed by atoms with E-state index >= 15 is 0 Å². The first-order valence-corrected chi connectivity index (χ1v) is 7.36. The van der Waals surface area contributed by atoms with Crippen LogP contribution in [0.15, 0.2) is 42.5 Å². The maximum absolute atomic E-state index is 9.99. The number of fused-ring (bicyclic) bond motifs is 1. The van der Waals surface area contributed by atoms with Crippen LogP contribution < -0.4 is 4.74 Å². The van der Waals surface area contributed by atoms with Crippen molar-refractivity contribution >= 4 is 0 Å². The fraction of sp³-hybridized carbons (Fsp3) is 0.333. The van der Waals surface area contributed by atoms with Gasteiger partial charge in [-0.05, 0) is 17.7 Å². The zero-order chi connectivity index (χ0) is 14.9. The Kier molecular flexibility index (Phi) is 3.60. The van der Waals surface area contributed by atoms with Gasteiger partial charge in [0.25, 0.3) is 0 Å². The van der Waals surface area contributed by atoms with Crippen LogP contribution >= 0.6 is 0 Å². The molecule has 0 bridgehead atoms. The van der Waals surface area contributed by atoms with Crippen LogP contribution in [0.25, 0.3) is 0 Å². The molecular weight excluding hydrogens is 262 g/mol. The fourth-order valence-corrected chi connectivity index (χ4v) is 3.24. The summed E-state index contributed by atoms with van der Waals surface area (Å²) in [7, 11) is 3.89. The van der Waals surface area contributed by atoms with Gasteiger partial charge in [-0.15, -0.1) is 0 Å². The van der Waals surface area contributed by atoms with E-state index in [-0.39, 0.29) is 5.75 Å². The smallest absolute Gasteiger partial charge is 0.160 e. The molecule has 0 aliphatic carbocycles. The predicted molar refractivity (Wildman–Crippen MR) is 83.3 cm³/mol. The van der Waals surface area contributed by atoms with Gasteiger partial charge in [-0.3, -0.25) is 0 Å². The SMILES string of the molecule is COc1cc2c(cc1O)C[N@@+](C)(Cc1ccccc1)CC2. The van der Waals surface area contributed by atoms with Gasteiger partial charge in [-0.2, -0.15) is 0 Å². The zero-order valence-corrected chi connectivity index (χ0v) is 12.7. The summed E-state index contributed by atoms with van der Waals surface area (Å²) < 4.78 is 6.18. The molecule has 2 aromatic rings. The third-order valence-electron chi connectivity index (χ3n) is 4.38. The molecule has 0 fully saturated rings. The minimum Gasteiger partial charge on any atom is -0.504 e. The minimum absolute atomic E-state index is 0.240. The van der Waals surface area contributed by atoms with E-state index < -0.39 is 0 Å². The van der Waals surface area contributed by atoms with Gasteiger partial charge in [0.05, 0.1) is 20.7 Å². The number of nitrogens with zero attached hydrogens (tertiary/aromatic N) is 1. The van der Waals surface area contributed by atoms with Gasteiger partial charge in [-0.25, -0.2) is 0 Å². The van der Waals surface area contributed by atoms with Crippen LogP contribution in [0, 0.1) is 0 Å². The number of benzene rings is 2. The molecule has 0 spiro atoms. The lowest BCUT2D eigenvalue weighted by atomic mass is 9.96. The quantitative estimate of drug-likeness (QED) is 0.878. The van der Waals surface area contributed by atoms with Crippen molar-refractivity contribution in [1.82, 2.24) is 0 Å². The van der Waals surface area contributed by atoms with E-state index in [1.165, 1.54) is 16.7 Å². The Hall–Kier alpha value is -2.00. The number of hydrogen-bond donors (Lipinski definition) is 1. The van der Waals surface area contributed by atoms with Crippen molar-refractivity contribution in [2.75, 3.05) is 20.7 Å². The summed E-state index contributed by atoms with van der Waals surface area (Å²) in [5.74, 6) is 0.817. The van der Waals surface area contributed by atoms with Crippen molar-refractivity contribution in [2.45, 2.75) is 19.5 Å². The van der Waals surface area contributed by atoms with Crippen LogP contribution in [0.2, 0.25) is 0 Å². The molecule has 0 amide bonds. The third kappa shape index (κ3) is 2.88. The average molecular weight is 284 g/mol. The molecule has 0 saturated carbocycles. The van der Waals surface area contributed by atoms with Crippen molar-refractivity contribution in [2.24, 2.45) is 0 Å². The number of hydrogen-bond acceptors (Lipinski definition) is 2. The summed E-state index contributed by atoms with van der Waals surface area (Å²) in [6, 6.07) is 14.5. The van der Waals surface area contributed by atoms with E-state index in [4.69, 9.17) is 4.74 Å². The predicted octanol–water partition coefficient (Wildman–Crippen LogP) is 3.10. The van der Waals surface area contributed by atoms with Gasteiger partial charge in [0.1, 0.15) is 13.1 Å². The molecule has 1 aliphatic heterocycles. The summed E-state index contributed by atoms with van der Waals surface area (Å²) >= 11 is 0. The maximum atomic E-state index is 9.99. The lowest BCUT2D eigenvalue weighted by molar-refractivity contribution is -0.937. The Morgan fingerprint density at radius 1 is 1.14 bits per heavy atom. The van der Waals surface area contributed by atoms with Crippen molar-refractivity contribution < 1.29 is 14.3 Å². The highest BCUT2D eigenvalue weighted by Gasteiger charge is 2.29. The molecule has 3 rings (SSSR count). The minimum atomic E-state index is 0.240. The molecule has 1 N–H and O–H groups in total. The normalized spacial score (nSPS) is 20.9. The number of likely N-dealkylation sites (N-methyl/N-ethyl adjacent to an activating group) is 1. The Morgan fingerprint density at radius 3 is 2.62 bits per heavy atom. The van der Waals surface area contributed by atoms with Crippen LogP contribution in [-0.2, 0) is 19.5 Å². The van der Waals surface area contributed by atoms with Gasteiger partial charge in [0.2, 0.25) is 0 Å². The molecule has 0 radical (unpaired) electrons. The molecule has 1 heterocycles. The molecule has 21 heavy (non-hydrogen) atoms. The Morgan fingerprint density at radius 2 is 1.90 bits per heavy atom. The Bertz CT molecular complexity index is 639. The van der Waals surface area contributed by atoms with Crippen LogP contribution in [0.5, 0.6) is 11.5 Å². The molecule has 3 nitrogen and oxygen atoms in total. The summed E-state index contributed by atoms with van der Waals surface area (Å²) in [4.78, 5) is 0. The van der Waals surface area contributed by atoms with Gasteiger partial charge in [-0.1, -0.05) is 30.3 Å². The van der Waals surface area contributed by atoms with Gasteiger partial charge in [0.15, 0.2) is 11.5 Å². The standard InChI is InChI=1S/C18H21NO2/c1-19(12-14-6-4-3-5-7-14)9-8-15-11-18(21-2)17(20)10-16(15)13-19/h3-7,10-11H,8-9,12-13H2,1-2H3/p+1/t19-/m1/s1. The molecular formula is C18H22NO2+. The number of rotatable bonds is 3. The number of quaternary nitrogens is 1. The number of methoxy groups -OCH3 is 1. The lowest BCUT2D eigenvalue weighted by Gasteiger charge is -2.39. The van der Waals surface area contributed by atoms with Gasteiger partial charge in [0, 0.05) is 17.5 Å². The number of aromatic hydroxyl groups is 1. The summed E-state index contributed by atoms with van der Waals surface area (Å²) in [5, 5.41) is 9.99. The summed E-state index contributed by atoms with van der Waals surface area (Å²) in [6.07, 6.45) is 1.02. The summed E-state index contributed by atoms with van der Waals surface area (Å²) in [6.45, 7) is 3.07. The van der Waals surface area contributed by atoms with E-state index in [0.29, 0.717) is 5.75 Å². The highest BCUT2D eigenvalue weighted by Crippen LogP contribution is 2.34. The molecule has 1 atom stereocenters. The molecule has 0 unspecified atom stereocenters. The average Bonchev–Trinajstić information content (AvgIpc) is 2.47. The first-order valence-electron chi connectivity index (χ1n) is 7.36. The van der Waals surface area contributed by atoms with Crippen LogP contribution in [-0.4, -0.2) is 30.3 Å².